The molecule has 32 heavy (non-hydrogen) atoms. The number of amides is 2. The molecular formula is C21H17F3N6O2. The normalized spacial score (nSPS) is 12.7. The first-order valence-electron chi connectivity index (χ1n) is 9.46. The summed E-state index contributed by atoms with van der Waals surface area (Å²) < 4.78 is 40.8. The summed E-state index contributed by atoms with van der Waals surface area (Å²) in [4.78, 5) is 31.4. The van der Waals surface area contributed by atoms with Crippen LogP contribution in [0.5, 0.6) is 0 Å². The molecule has 0 fully saturated rings. The lowest BCUT2D eigenvalue weighted by Crippen LogP contribution is -2.21. The Morgan fingerprint density at radius 1 is 1.09 bits per heavy atom. The maximum Gasteiger partial charge on any atom is 0.419 e. The maximum atomic E-state index is 13.6. The van der Waals surface area contributed by atoms with Gasteiger partial charge in [0.1, 0.15) is 5.82 Å². The van der Waals surface area contributed by atoms with Crippen LogP contribution >= 0.6 is 0 Å². The lowest BCUT2D eigenvalue weighted by Gasteiger charge is -2.17. The van der Waals surface area contributed by atoms with Gasteiger partial charge in [0, 0.05) is 36.9 Å². The van der Waals surface area contributed by atoms with Crippen molar-refractivity contribution in [3.8, 4) is 0 Å². The highest BCUT2D eigenvalue weighted by molar-refractivity contribution is 6.00. The first kappa shape index (κ1) is 21.1. The maximum absolute atomic E-state index is 13.6. The van der Waals surface area contributed by atoms with E-state index in [1.807, 2.05) is 0 Å². The van der Waals surface area contributed by atoms with Crippen molar-refractivity contribution in [1.29, 1.82) is 0 Å². The fraction of sp³-hybridized carbons (Fsp3) is 0.143. The standard InChI is InChI=1S/C21H17F3N6O2/c1-25-20(32)19-14(3-2-6-26-19)29-16-9-17(27-10-13(16)21(22,23)24)28-12-5-4-11-7-18(31)30-15(11)8-12/h2-6,8-10H,7H2,1H3,(H,25,32)(H,30,31)(H2,27,28,29). The number of rotatable bonds is 5. The number of carbonyl (C=O) groups excluding carboxylic acids is 2. The van der Waals surface area contributed by atoms with Gasteiger partial charge in [0.25, 0.3) is 5.91 Å². The minimum atomic E-state index is -4.68. The number of pyridine rings is 2. The van der Waals surface area contributed by atoms with E-state index in [0.29, 0.717) is 17.6 Å². The van der Waals surface area contributed by atoms with Gasteiger partial charge < -0.3 is 21.3 Å². The Labute approximate surface area is 180 Å². The molecule has 1 aliphatic heterocycles. The highest BCUT2D eigenvalue weighted by Gasteiger charge is 2.34. The second kappa shape index (κ2) is 8.17. The van der Waals surface area contributed by atoms with Gasteiger partial charge in [-0.05, 0) is 29.8 Å². The van der Waals surface area contributed by atoms with Crippen molar-refractivity contribution in [3.63, 3.8) is 0 Å². The fourth-order valence-corrected chi connectivity index (χ4v) is 3.24. The Morgan fingerprint density at radius 3 is 2.66 bits per heavy atom. The third kappa shape index (κ3) is 4.31. The van der Waals surface area contributed by atoms with E-state index in [2.05, 4.69) is 31.2 Å². The zero-order chi connectivity index (χ0) is 22.9. The van der Waals surface area contributed by atoms with Gasteiger partial charge in [-0.2, -0.15) is 13.2 Å². The SMILES string of the molecule is CNC(=O)c1ncccc1Nc1cc(Nc2ccc3c(c2)NC(=O)C3)ncc1C(F)(F)F. The van der Waals surface area contributed by atoms with Crippen LogP contribution < -0.4 is 21.3 Å². The first-order chi connectivity index (χ1) is 15.2. The second-order valence-electron chi connectivity index (χ2n) is 6.94. The van der Waals surface area contributed by atoms with E-state index in [-0.39, 0.29) is 35.2 Å². The van der Waals surface area contributed by atoms with Crippen LogP contribution in [0.25, 0.3) is 0 Å². The quantitative estimate of drug-likeness (QED) is 0.478. The van der Waals surface area contributed by atoms with Crippen molar-refractivity contribution < 1.29 is 22.8 Å². The molecule has 1 aliphatic rings. The lowest BCUT2D eigenvalue weighted by atomic mass is 10.1. The van der Waals surface area contributed by atoms with Crippen LogP contribution in [0.3, 0.4) is 0 Å². The third-order valence-electron chi connectivity index (χ3n) is 4.74. The molecule has 0 atom stereocenters. The molecule has 164 valence electrons. The lowest BCUT2D eigenvalue weighted by molar-refractivity contribution is -0.137. The van der Waals surface area contributed by atoms with Crippen LogP contribution in [0.15, 0.2) is 48.8 Å². The molecule has 0 radical (unpaired) electrons. The van der Waals surface area contributed by atoms with Crippen LogP contribution in [0.1, 0.15) is 21.6 Å². The van der Waals surface area contributed by atoms with E-state index < -0.39 is 17.6 Å². The number of alkyl halides is 3. The van der Waals surface area contributed by atoms with Crippen LogP contribution in [-0.4, -0.2) is 28.8 Å². The minimum Gasteiger partial charge on any atom is -0.354 e. The fourth-order valence-electron chi connectivity index (χ4n) is 3.24. The van der Waals surface area contributed by atoms with Crippen molar-refractivity contribution in [3.05, 3.63) is 65.6 Å². The summed E-state index contributed by atoms with van der Waals surface area (Å²) in [6.45, 7) is 0. The van der Waals surface area contributed by atoms with Crippen LogP contribution in [0.4, 0.5) is 41.7 Å². The molecule has 0 unspecified atom stereocenters. The second-order valence-corrected chi connectivity index (χ2v) is 6.94. The molecule has 2 amide bonds. The molecule has 0 saturated carbocycles. The number of nitrogens with one attached hydrogen (secondary N) is 4. The van der Waals surface area contributed by atoms with E-state index in [1.54, 1.807) is 18.2 Å². The average Bonchev–Trinajstić information content (AvgIpc) is 3.12. The Morgan fingerprint density at radius 2 is 1.91 bits per heavy atom. The molecular weight excluding hydrogens is 425 g/mol. The van der Waals surface area contributed by atoms with Crippen molar-refractivity contribution >= 4 is 40.4 Å². The number of carbonyl (C=O) groups is 2. The molecule has 1 aromatic carbocycles. The molecule has 3 aromatic rings. The Balaban J connectivity index is 1.68. The molecule has 2 aromatic heterocycles. The van der Waals surface area contributed by atoms with Crippen LogP contribution in [0.2, 0.25) is 0 Å². The number of halogens is 3. The molecule has 0 spiro atoms. The molecule has 0 aliphatic carbocycles. The largest absolute Gasteiger partial charge is 0.419 e. The van der Waals surface area contributed by atoms with Crippen LogP contribution in [0, 0.1) is 0 Å². The first-order valence-corrected chi connectivity index (χ1v) is 9.46. The number of benzene rings is 1. The summed E-state index contributed by atoms with van der Waals surface area (Å²) in [5.74, 6) is -0.538. The van der Waals surface area contributed by atoms with E-state index in [1.165, 1.54) is 31.4 Å². The molecule has 8 nitrogen and oxygen atoms in total. The van der Waals surface area contributed by atoms with Gasteiger partial charge in [-0.1, -0.05) is 6.07 Å². The van der Waals surface area contributed by atoms with Crippen molar-refractivity contribution in [2.75, 3.05) is 23.0 Å². The monoisotopic (exact) mass is 442 g/mol. The number of hydrogen-bond donors (Lipinski definition) is 4. The Kier molecular flexibility index (Phi) is 5.39. The van der Waals surface area contributed by atoms with Crippen molar-refractivity contribution in [2.45, 2.75) is 12.6 Å². The molecule has 11 heteroatoms. The van der Waals surface area contributed by atoms with Gasteiger partial charge in [-0.15, -0.1) is 0 Å². The van der Waals surface area contributed by atoms with E-state index in [4.69, 9.17) is 0 Å². The number of fused-ring (bicyclic) bond motifs is 1. The third-order valence-corrected chi connectivity index (χ3v) is 4.74. The molecule has 4 N–H and O–H groups in total. The van der Waals surface area contributed by atoms with Gasteiger partial charge in [-0.25, -0.2) is 9.97 Å². The smallest absolute Gasteiger partial charge is 0.354 e. The summed E-state index contributed by atoms with van der Waals surface area (Å²) in [6, 6.07) is 9.28. The van der Waals surface area contributed by atoms with Gasteiger partial charge >= 0.3 is 6.18 Å². The summed E-state index contributed by atoms with van der Waals surface area (Å²) >= 11 is 0. The van der Waals surface area contributed by atoms with Gasteiger partial charge in [0.05, 0.1) is 23.4 Å². The zero-order valence-corrected chi connectivity index (χ0v) is 16.7. The predicted octanol–water partition coefficient (Wildman–Crippen LogP) is 3.84. The minimum absolute atomic E-state index is 0.0520. The predicted molar refractivity (Wildman–Crippen MR) is 112 cm³/mol. The molecule has 0 bridgehead atoms. The summed E-state index contributed by atoms with van der Waals surface area (Å²) in [5, 5.41) is 10.7. The number of nitrogens with zero attached hydrogens (tertiary/aromatic N) is 2. The van der Waals surface area contributed by atoms with E-state index in [0.717, 1.165) is 5.56 Å². The highest BCUT2D eigenvalue weighted by Crippen LogP contribution is 2.37. The Bertz CT molecular complexity index is 1210. The number of hydrogen-bond acceptors (Lipinski definition) is 6. The van der Waals surface area contributed by atoms with Crippen molar-refractivity contribution in [2.24, 2.45) is 0 Å². The summed E-state index contributed by atoms with van der Waals surface area (Å²) in [6.07, 6.45) is -2.33. The molecule has 3 heterocycles. The number of anilines is 5. The molecule has 4 rings (SSSR count). The van der Waals surface area contributed by atoms with Crippen LogP contribution in [-0.2, 0) is 17.4 Å². The van der Waals surface area contributed by atoms with Gasteiger partial charge in [0.15, 0.2) is 5.69 Å². The van der Waals surface area contributed by atoms with E-state index >= 15 is 0 Å². The summed E-state index contributed by atoms with van der Waals surface area (Å²) in [7, 11) is 1.40. The summed E-state index contributed by atoms with van der Waals surface area (Å²) in [5.41, 5.74) is 0.756. The van der Waals surface area contributed by atoms with Crippen molar-refractivity contribution in [1.82, 2.24) is 15.3 Å². The number of aromatic nitrogens is 2. The Hall–Kier alpha value is -4.15. The zero-order valence-electron chi connectivity index (χ0n) is 16.7. The molecule has 0 saturated heterocycles. The van der Waals surface area contributed by atoms with E-state index in [9.17, 15) is 22.8 Å². The topological polar surface area (TPSA) is 108 Å². The van der Waals surface area contributed by atoms with Gasteiger partial charge in [-0.3, -0.25) is 9.59 Å². The highest BCUT2D eigenvalue weighted by atomic mass is 19.4. The van der Waals surface area contributed by atoms with Gasteiger partial charge in [0.2, 0.25) is 5.91 Å². The average molecular weight is 442 g/mol.